The first-order valence-electron chi connectivity index (χ1n) is 9.05. The lowest BCUT2D eigenvalue weighted by molar-refractivity contribution is -0.138. The number of benzene rings is 2. The van der Waals surface area contributed by atoms with Crippen LogP contribution in [0.4, 0.5) is 4.79 Å². The van der Waals surface area contributed by atoms with E-state index in [1.807, 2.05) is 18.2 Å². The Balaban J connectivity index is 2.16. The van der Waals surface area contributed by atoms with Gasteiger partial charge in [-0.2, -0.15) is 0 Å². The molecule has 2 amide bonds. The highest BCUT2D eigenvalue weighted by atomic mass is 16.5. The Hall–Kier alpha value is -3.48. The molecular formula is C21H22N2O5. The van der Waals surface area contributed by atoms with Crippen molar-refractivity contribution in [3.63, 3.8) is 0 Å². The summed E-state index contributed by atoms with van der Waals surface area (Å²) in [6, 6.07) is 12.6. The standard InChI is InChI=1S/C21H22N2O5/c1-3-27-16-12-14(10-11-15(16)24)19-17(20(25)28-4-2)18(22-21(26)23-19)13-8-6-5-7-9-13/h5-12,19,24H,3-4H2,1-2H3,(H2,22,23,26)/t19-/m1/s1. The van der Waals surface area contributed by atoms with Crippen LogP contribution < -0.4 is 15.4 Å². The number of hydrogen-bond acceptors (Lipinski definition) is 5. The smallest absolute Gasteiger partial charge is 0.338 e. The second kappa shape index (κ2) is 8.47. The second-order valence-electron chi connectivity index (χ2n) is 6.07. The molecule has 0 aliphatic carbocycles. The molecule has 0 fully saturated rings. The van der Waals surface area contributed by atoms with Gasteiger partial charge < -0.3 is 25.2 Å². The Kier molecular flexibility index (Phi) is 5.84. The normalized spacial score (nSPS) is 16.2. The van der Waals surface area contributed by atoms with E-state index in [4.69, 9.17) is 9.47 Å². The number of phenolic OH excluding ortho intramolecular Hbond substituents is 1. The number of carbonyl (C=O) groups is 2. The topological polar surface area (TPSA) is 96.9 Å². The Morgan fingerprint density at radius 2 is 1.86 bits per heavy atom. The van der Waals surface area contributed by atoms with Gasteiger partial charge in [0.15, 0.2) is 11.5 Å². The first-order valence-corrected chi connectivity index (χ1v) is 9.05. The molecule has 2 aromatic carbocycles. The molecule has 1 atom stereocenters. The molecule has 1 aliphatic rings. The van der Waals surface area contributed by atoms with Crippen molar-refractivity contribution in [2.75, 3.05) is 13.2 Å². The summed E-state index contributed by atoms with van der Waals surface area (Å²) in [5.74, 6) is -0.280. The van der Waals surface area contributed by atoms with Gasteiger partial charge in [-0.15, -0.1) is 0 Å². The van der Waals surface area contributed by atoms with Gasteiger partial charge in [0.05, 0.1) is 30.5 Å². The minimum absolute atomic E-state index is 0.0178. The summed E-state index contributed by atoms with van der Waals surface area (Å²) >= 11 is 0. The molecule has 0 aromatic heterocycles. The van der Waals surface area contributed by atoms with E-state index in [1.54, 1.807) is 38.1 Å². The van der Waals surface area contributed by atoms with Crippen molar-refractivity contribution in [2.45, 2.75) is 19.9 Å². The van der Waals surface area contributed by atoms with E-state index in [0.29, 0.717) is 23.4 Å². The average molecular weight is 382 g/mol. The van der Waals surface area contributed by atoms with E-state index < -0.39 is 18.0 Å². The number of ether oxygens (including phenoxy) is 2. The van der Waals surface area contributed by atoms with Crippen LogP contribution in [-0.2, 0) is 9.53 Å². The number of nitrogens with one attached hydrogen (secondary N) is 2. The SMILES string of the molecule is CCOC(=O)C1=C(c2ccccc2)NC(=O)N[C@@H]1c1ccc(O)c(OCC)c1. The number of urea groups is 1. The lowest BCUT2D eigenvalue weighted by atomic mass is 9.92. The lowest BCUT2D eigenvalue weighted by Crippen LogP contribution is -2.45. The van der Waals surface area contributed by atoms with Crippen LogP contribution in [-0.4, -0.2) is 30.3 Å². The largest absolute Gasteiger partial charge is 0.504 e. The first kappa shape index (κ1) is 19.3. The molecular weight excluding hydrogens is 360 g/mol. The zero-order valence-corrected chi connectivity index (χ0v) is 15.7. The summed E-state index contributed by atoms with van der Waals surface area (Å²) in [6.45, 7) is 4.09. The maximum Gasteiger partial charge on any atom is 0.338 e. The van der Waals surface area contributed by atoms with Crippen molar-refractivity contribution in [3.05, 3.63) is 65.2 Å². The maximum atomic E-state index is 12.8. The first-order chi connectivity index (χ1) is 13.5. The van der Waals surface area contributed by atoms with Crippen LogP contribution >= 0.6 is 0 Å². The molecule has 0 radical (unpaired) electrons. The molecule has 0 bridgehead atoms. The molecule has 3 N–H and O–H groups in total. The van der Waals surface area contributed by atoms with Crippen molar-refractivity contribution < 1.29 is 24.2 Å². The molecule has 7 heteroatoms. The predicted molar refractivity (Wildman–Crippen MR) is 104 cm³/mol. The number of phenols is 1. The zero-order valence-electron chi connectivity index (χ0n) is 15.7. The van der Waals surface area contributed by atoms with Gasteiger partial charge in [-0.25, -0.2) is 9.59 Å². The number of esters is 1. The Labute approximate surface area is 163 Å². The van der Waals surface area contributed by atoms with Crippen LogP contribution in [0, 0.1) is 0 Å². The highest BCUT2D eigenvalue weighted by Crippen LogP contribution is 2.36. The quantitative estimate of drug-likeness (QED) is 0.667. The fraction of sp³-hybridized carbons (Fsp3) is 0.238. The van der Waals surface area contributed by atoms with Crippen LogP contribution in [0.2, 0.25) is 0 Å². The maximum absolute atomic E-state index is 12.8. The van der Waals surface area contributed by atoms with Gasteiger partial charge in [0.2, 0.25) is 0 Å². The fourth-order valence-corrected chi connectivity index (χ4v) is 3.06. The van der Waals surface area contributed by atoms with E-state index >= 15 is 0 Å². The lowest BCUT2D eigenvalue weighted by Gasteiger charge is -2.29. The summed E-state index contributed by atoms with van der Waals surface area (Å²) in [5.41, 5.74) is 1.95. The molecule has 0 saturated carbocycles. The van der Waals surface area contributed by atoms with Crippen molar-refractivity contribution >= 4 is 17.7 Å². The number of carbonyl (C=O) groups excluding carboxylic acids is 2. The minimum atomic E-state index is -0.761. The predicted octanol–water partition coefficient (Wildman–Crippen LogP) is 3.12. The van der Waals surface area contributed by atoms with Crippen LogP contribution in [0.15, 0.2) is 54.1 Å². The molecule has 28 heavy (non-hydrogen) atoms. The Bertz CT molecular complexity index is 908. The zero-order chi connectivity index (χ0) is 20.1. The van der Waals surface area contributed by atoms with Gasteiger partial charge in [0.1, 0.15) is 0 Å². The van der Waals surface area contributed by atoms with Gasteiger partial charge in [0.25, 0.3) is 0 Å². The molecule has 7 nitrogen and oxygen atoms in total. The summed E-state index contributed by atoms with van der Waals surface area (Å²) in [5, 5.41) is 15.5. The van der Waals surface area contributed by atoms with Crippen molar-refractivity contribution in [1.82, 2.24) is 10.6 Å². The fourth-order valence-electron chi connectivity index (χ4n) is 3.06. The van der Waals surface area contributed by atoms with Crippen LogP contribution in [0.5, 0.6) is 11.5 Å². The number of amides is 2. The van der Waals surface area contributed by atoms with Gasteiger partial charge in [-0.3, -0.25) is 0 Å². The van der Waals surface area contributed by atoms with E-state index in [2.05, 4.69) is 10.6 Å². The van der Waals surface area contributed by atoms with Gasteiger partial charge in [-0.05, 0) is 37.1 Å². The Morgan fingerprint density at radius 1 is 1.11 bits per heavy atom. The molecule has 0 unspecified atom stereocenters. The van der Waals surface area contributed by atoms with Gasteiger partial charge in [0, 0.05) is 0 Å². The third-order valence-corrected chi connectivity index (χ3v) is 4.25. The summed E-state index contributed by atoms with van der Waals surface area (Å²) in [6.07, 6.45) is 0. The van der Waals surface area contributed by atoms with Crippen molar-refractivity contribution in [3.8, 4) is 11.5 Å². The molecule has 1 aliphatic heterocycles. The number of aromatic hydroxyl groups is 1. The third-order valence-electron chi connectivity index (χ3n) is 4.25. The van der Waals surface area contributed by atoms with Crippen LogP contribution in [0.3, 0.4) is 0 Å². The van der Waals surface area contributed by atoms with Crippen LogP contribution in [0.25, 0.3) is 5.70 Å². The molecule has 0 spiro atoms. The van der Waals surface area contributed by atoms with Crippen molar-refractivity contribution in [1.29, 1.82) is 0 Å². The Morgan fingerprint density at radius 3 is 2.54 bits per heavy atom. The van der Waals surface area contributed by atoms with Gasteiger partial charge >= 0.3 is 12.0 Å². The van der Waals surface area contributed by atoms with E-state index in [-0.39, 0.29) is 23.7 Å². The van der Waals surface area contributed by atoms with Crippen LogP contribution in [0.1, 0.15) is 31.0 Å². The third kappa shape index (κ3) is 3.93. The summed E-state index contributed by atoms with van der Waals surface area (Å²) in [4.78, 5) is 25.1. The van der Waals surface area contributed by atoms with Crippen molar-refractivity contribution in [2.24, 2.45) is 0 Å². The molecule has 2 aromatic rings. The molecule has 146 valence electrons. The minimum Gasteiger partial charge on any atom is -0.504 e. The average Bonchev–Trinajstić information content (AvgIpc) is 2.70. The number of hydrogen-bond donors (Lipinski definition) is 3. The number of rotatable bonds is 6. The summed E-state index contributed by atoms with van der Waals surface area (Å²) < 4.78 is 10.7. The van der Waals surface area contributed by atoms with E-state index in [1.165, 1.54) is 6.07 Å². The highest BCUT2D eigenvalue weighted by Gasteiger charge is 2.34. The van der Waals surface area contributed by atoms with Gasteiger partial charge in [-0.1, -0.05) is 36.4 Å². The molecule has 1 heterocycles. The van der Waals surface area contributed by atoms with E-state index in [9.17, 15) is 14.7 Å². The molecule has 0 saturated heterocycles. The molecule has 3 rings (SSSR count). The highest BCUT2D eigenvalue weighted by molar-refractivity contribution is 6.04. The second-order valence-corrected chi connectivity index (χ2v) is 6.07. The monoisotopic (exact) mass is 382 g/mol. The summed E-state index contributed by atoms with van der Waals surface area (Å²) in [7, 11) is 0. The van der Waals surface area contributed by atoms with E-state index in [0.717, 1.165) is 0 Å².